The van der Waals surface area contributed by atoms with Crippen molar-refractivity contribution in [3.05, 3.63) is 101 Å². The van der Waals surface area contributed by atoms with Crippen LogP contribution >= 0.6 is 0 Å². The van der Waals surface area contributed by atoms with Crippen molar-refractivity contribution in [2.45, 2.75) is 64.6 Å². The number of amides is 2. The molecule has 1 saturated carbocycles. The predicted molar refractivity (Wildman–Crippen MR) is 159 cm³/mol. The van der Waals surface area contributed by atoms with E-state index in [4.69, 9.17) is 0 Å². The van der Waals surface area contributed by atoms with E-state index < -0.39 is 34.3 Å². The summed E-state index contributed by atoms with van der Waals surface area (Å²) in [6.07, 6.45) is 5.01. The number of nitrogens with one attached hydrogen (secondary N) is 1. The van der Waals surface area contributed by atoms with Gasteiger partial charge in [0.1, 0.15) is 18.4 Å². The van der Waals surface area contributed by atoms with Crippen LogP contribution in [0.25, 0.3) is 0 Å². The first kappa shape index (κ1) is 30.2. The molecule has 7 nitrogen and oxygen atoms in total. The van der Waals surface area contributed by atoms with Crippen molar-refractivity contribution in [3.63, 3.8) is 0 Å². The van der Waals surface area contributed by atoms with Crippen molar-refractivity contribution in [1.82, 2.24) is 10.2 Å². The van der Waals surface area contributed by atoms with Crippen LogP contribution in [0.1, 0.15) is 47.9 Å². The molecule has 1 N–H and O–H groups in total. The fraction of sp³-hybridized carbons (Fsp3) is 0.375. The molecule has 1 unspecified atom stereocenters. The number of hydrogen-bond donors (Lipinski definition) is 1. The molecule has 0 bridgehead atoms. The van der Waals surface area contributed by atoms with Crippen molar-refractivity contribution in [2.24, 2.45) is 0 Å². The Morgan fingerprint density at radius 1 is 0.951 bits per heavy atom. The highest BCUT2D eigenvalue weighted by molar-refractivity contribution is 7.92. The molecule has 0 heterocycles. The SMILES string of the molecule is Cc1cccc(N(CC(=O)N(Cc2ccccc2F)C(Cc2ccccc2)C(=O)NC2CCCC2)S(C)(=O)=O)c1C. The number of sulfonamides is 1. The standard InChI is InChI=1S/C32H38FN3O4S/c1-23-12-11-19-29(24(23)2)36(41(3,39)40)22-31(37)35(21-26-15-7-10-18-28(26)33)30(20-25-13-5-4-6-14-25)32(38)34-27-16-8-9-17-27/h4-7,10-15,18-19,27,30H,8-9,16-17,20-22H2,1-3H3,(H,34,38). The van der Waals surface area contributed by atoms with E-state index in [-0.39, 0.29) is 30.5 Å². The fourth-order valence-electron chi connectivity index (χ4n) is 5.33. The Morgan fingerprint density at radius 2 is 1.61 bits per heavy atom. The summed E-state index contributed by atoms with van der Waals surface area (Å²) in [5.74, 6) is -1.43. The Balaban J connectivity index is 1.75. The molecule has 218 valence electrons. The van der Waals surface area contributed by atoms with Crippen LogP contribution in [0.2, 0.25) is 0 Å². The minimum absolute atomic E-state index is 0.00801. The topological polar surface area (TPSA) is 86.8 Å². The molecule has 0 saturated heterocycles. The molecule has 1 fully saturated rings. The summed E-state index contributed by atoms with van der Waals surface area (Å²) in [6.45, 7) is 2.96. The third-order valence-electron chi connectivity index (χ3n) is 7.80. The van der Waals surface area contributed by atoms with E-state index in [1.165, 1.54) is 11.0 Å². The first-order valence-electron chi connectivity index (χ1n) is 14.0. The van der Waals surface area contributed by atoms with Gasteiger partial charge in [-0.25, -0.2) is 12.8 Å². The highest BCUT2D eigenvalue weighted by Crippen LogP contribution is 2.26. The fourth-order valence-corrected chi connectivity index (χ4v) is 6.23. The van der Waals surface area contributed by atoms with Crippen LogP contribution in [0.4, 0.5) is 10.1 Å². The second-order valence-corrected chi connectivity index (χ2v) is 12.7. The van der Waals surface area contributed by atoms with E-state index in [0.29, 0.717) is 5.69 Å². The summed E-state index contributed by atoms with van der Waals surface area (Å²) in [4.78, 5) is 29.4. The molecule has 3 aromatic rings. The highest BCUT2D eigenvalue weighted by atomic mass is 32.2. The monoisotopic (exact) mass is 579 g/mol. The van der Waals surface area contributed by atoms with Crippen LogP contribution < -0.4 is 9.62 Å². The molecule has 41 heavy (non-hydrogen) atoms. The van der Waals surface area contributed by atoms with Gasteiger partial charge in [-0.15, -0.1) is 0 Å². The molecular weight excluding hydrogens is 541 g/mol. The lowest BCUT2D eigenvalue weighted by atomic mass is 10.0. The molecule has 1 aliphatic carbocycles. The molecule has 1 aliphatic rings. The Bertz CT molecular complexity index is 1470. The maximum atomic E-state index is 14.9. The van der Waals surface area contributed by atoms with Gasteiger partial charge in [-0.1, -0.05) is 73.5 Å². The maximum absolute atomic E-state index is 14.9. The Hall–Kier alpha value is -3.72. The number of aryl methyl sites for hydroxylation is 1. The lowest BCUT2D eigenvalue weighted by Gasteiger charge is -2.34. The number of carbonyl (C=O) groups excluding carboxylic acids is 2. The van der Waals surface area contributed by atoms with E-state index in [0.717, 1.165) is 52.9 Å². The zero-order valence-corrected chi connectivity index (χ0v) is 24.7. The lowest BCUT2D eigenvalue weighted by Crippen LogP contribution is -2.54. The molecule has 4 rings (SSSR count). The van der Waals surface area contributed by atoms with Crippen molar-refractivity contribution in [3.8, 4) is 0 Å². The van der Waals surface area contributed by atoms with E-state index in [1.807, 2.05) is 43.3 Å². The van der Waals surface area contributed by atoms with Gasteiger partial charge in [-0.2, -0.15) is 0 Å². The summed E-state index contributed by atoms with van der Waals surface area (Å²) in [7, 11) is -3.88. The molecule has 0 radical (unpaired) electrons. The molecule has 3 aromatic carbocycles. The van der Waals surface area contributed by atoms with E-state index in [1.54, 1.807) is 37.3 Å². The largest absolute Gasteiger partial charge is 0.352 e. The Labute approximate surface area is 242 Å². The van der Waals surface area contributed by atoms with Gasteiger partial charge in [0.15, 0.2) is 0 Å². The number of rotatable bonds is 11. The van der Waals surface area contributed by atoms with Gasteiger partial charge in [0.05, 0.1) is 11.9 Å². The number of halogens is 1. The predicted octanol–water partition coefficient (Wildman–Crippen LogP) is 4.91. The van der Waals surface area contributed by atoms with E-state index in [2.05, 4.69) is 5.32 Å². The summed E-state index contributed by atoms with van der Waals surface area (Å²) >= 11 is 0. The van der Waals surface area contributed by atoms with E-state index >= 15 is 0 Å². The second-order valence-electron chi connectivity index (χ2n) is 10.8. The van der Waals surface area contributed by atoms with Gasteiger partial charge in [0.2, 0.25) is 21.8 Å². The minimum atomic E-state index is -3.88. The summed E-state index contributed by atoms with van der Waals surface area (Å²) in [6, 6.07) is 19.7. The van der Waals surface area contributed by atoms with Gasteiger partial charge in [0, 0.05) is 24.6 Å². The van der Waals surface area contributed by atoms with Gasteiger partial charge in [-0.3, -0.25) is 13.9 Å². The first-order valence-corrected chi connectivity index (χ1v) is 15.8. The van der Waals surface area contributed by atoms with Crippen LogP contribution in [-0.2, 0) is 32.6 Å². The van der Waals surface area contributed by atoms with Crippen LogP contribution in [0.5, 0.6) is 0 Å². The summed E-state index contributed by atoms with van der Waals surface area (Å²) < 4.78 is 42.0. The normalized spacial score (nSPS) is 14.4. The van der Waals surface area contributed by atoms with Gasteiger partial charge in [-0.05, 0) is 55.5 Å². The zero-order valence-electron chi connectivity index (χ0n) is 23.8. The molecule has 1 atom stereocenters. The zero-order chi connectivity index (χ0) is 29.6. The number of nitrogens with zero attached hydrogens (tertiary/aromatic N) is 2. The average molecular weight is 580 g/mol. The van der Waals surface area contributed by atoms with Gasteiger partial charge < -0.3 is 10.2 Å². The summed E-state index contributed by atoms with van der Waals surface area (Å²) in [5.41, 5.74) is 3.07. The van der Waals surface area contributed by atoms with Crippen molar-refractivity contribution in [1.29, 1.82) is 0 Å². The summed E-state index contributed by atoms with van der Waals surface area (Å²) in [5, 5.41) is 3.11. The second kappa shape index (κ2) is 13.3. The van der Waals surface area contributed by atoms with Crippen LogP contribution in [-0.4, -0.2) is 50.0 Å². The van der Waals surface area contributed by atoms with E-state index in [9.17, 15) is 22.4 Å². The molecule has 9 heteroatoms. The lowest BCUT2D eigenvalue weighted by molar-refractivity contribution is -0.140. The average Bonchev–Trinajstić information content (AvgIpc) is 3.45. The maximum Gasteiger partial charge on any atom is 0.244 e. The Kier molecular flexibility index (Phi) is 9.81. The van der Waals surface area contributed by atoms with Crippen molar-refractivity contribution in [2.75, 3.05) is 17.1 Å². The van der Waals surface area contributed by atoms with Gasteiger partial charge >= 0.3 is 0 Å². The number of benzene rings is 3. The van der Waals surface area contributed by atoms with Crippen LogP contribution in [0, 0.1) is 19.7 Å². The number of hydrogen-bond acceptors (Lipinski definition) is 4. The van der Waals surface area contributed by atoms with Gasteiger partial charge in [0.25, 0.3) is 0 Å². The Morgan fingerprint density at radius 3 is 2.27 bits per heavy atom. The smallest absolute Gasteiger partial charge is 0.244 e. The first-order chi connectivity index (χ1) is 19.5. The highest BCUT2D eigenvalue weighted by Gasteiger charge is 2.35. The molecule has 0 spiro atoms. The number of anilines is 1. The minimum Gasteiger partial charge on any atom is -0.352 e. The van der Waals surface area contributed by atoms with Crippen LogP contribution in [0.3, 0.4) is 0 Å². The third kappa shape index (κ3) is 7.73. The molecular formula is C32H38FN3O4S. The number of carbonyl (C=O) groups is 2. The van der Waals surface area contributed by atoms with Crippen molar-refractivity contribution >= 4 is 27.5 Å². The third-order valence-corrected chi connectivity index (χ3v) is 8.92. The quantitative estimate of drug-likeness (QED) is 0.350. The molecule has 0 aromatic heterocycles. The van der Waals surface area contributed by atoms with Crippen LogP contribution in [0.15, 0.2) is 72.8 Å². The molecule has 2 amide bonds. The van der Waals surface area contributed by atoms with Crippen molar-refractivity contribution < 1.29 is 22.4 Å². The molecule has 0 aliphatic heterocycles.